The van der Waals surface area contributed by atoms with Crippen molar-refractivity contribution in [1.29, 1.82) is 0 Å². The van der Waals surface area contributed by atoms with Crippen molar-refractivity contribution in [3.63, 3.8) is 0 Å². The van der Waals surface area contributed by atoms with Crippen LogP contribution in [-0.4, -0.2) is 60.9 Å². The molecule has 0 N–H and O–H groups in total. The first-order valence-electron chi connectivity index (χ1n) is 9.96. The van der Waals surface area contributed by atoms with Crippen LogP contribution in [0.3, 0.4) is 0 Å². The van der Waals surface area contributed by atoms with Crippen LogP contribution in [0.1, 0.15) is 22.5 Å². The second-order valence-corrected chi connectivity index (χ2v) is 7.82. The van der Waals surface area contributed by atoms with Gasteiger partial charge in [0.15, 0.2) is 0 Å². The molecule has 154 valence electrons. The van der Waals surface area contributed by atoms with Gasteiger partial charge in [0.25, 0.3) is 11.5 Å². The molecule has 29 heavy (non-hydrogen) atoms. The lowest BCUT2D eigenvalue weighted by Gasteiger charge is -2.39. The average Bonchev–Trinajstić information content (AvgIpc) is 3.17. The molecule has 1 aromatic heterocycles. The van der Waals surface area contributed by atoms with Crippen molar-refractivity contribution in [2.45, 2.75) is 25.6 Å². The summed E-state index contributed by atoms with van der Waals surface area (Å²) in [6.45, 7) is 4.77. The highest BCUT2D eigenvalue weighted by molar-refractivity contribution is 5.95. The SMILES string of the molecule is COC1CCN(c2ccc(C(=O)N3CC(Oc4cc(C)n(C)c(=O)c4)C3)cc2)C1. The Morgan fingerprint density at radius 2 is 1.79 bits per heavy atom. The first-order chi connectivity index (χ1) is 13.9. The van der Waals surface area contributed by atoms with E-state index in [0.717, 1.165) is 30.9 Å². The molecule has 2 saturated heterocycles. The van der Waals surface area contributed by atoms with Crippen molar-refractivity contribution < 1.29 is 14.3 Å². The van der Waals surface area contributed by atoms with E-state index in [9.17, 15) is 9.59 Å². The molecule has 0 radical (unpaired) electrons. The number of nitrogens with zero attached hydrogens (tertiary/aromatic N) is 3. The summed E-state index contributed by atoms with van der Waals surface area (Å²) in [5.74, 6) is 0.569. The number of ether oxygens (including phenoxy) is 2. The van der Waals surface area contributed by atoms with E-state index in [2.05, 4.69) is 4.90 Å². The molecule has 1 atom stereocenters. The summed E-state index contributed by atoms with van der Waals surface area (Å²) in [6, 6.07) is 11.1. The van der Waals surface area contributed by atoms with Crippen molar-refractivity contribution in [3.05, 3.63) is 58.0 Å². The predicted octanol–water partition coefficient (Wildman–Crippen LogP) is 1.82. The number of aromatic nitrogens is 1. The molecule has 0 spiro atoms. The Balaban J connectivity index is 1.32. The number of carbonyl (C=O) groups excluding carboxylic acids is 1. The molecule has 1 unspecified atom stereocenters. The molecule has 2 aromatic rings. The van der Waals surface area contributed by atoms with Gasteiger partial charge in [0.2, 0.25) is 0 Å². The van der Waals surface area contributed by atoms with Gasteiger partial charge in [-0.3, -0.25) is 9.59 Å². The van der Waals surface area contributed by atoms with Crippen molar-refractivity contribution in [2.24, 2.45) is 7.05 Å². The predicted molar refractivity (Wildman–Crippen MR) is 111 cm³/mol. The number of rotatable bonds is 5. The second-order valence-electron chi connectivity index (χ2n) is 7.82. The van der Waals surface area contributed by atoms with E-state index < -0.39 is 0 Å². The molecule has 7 heteroatoms. The molecular formula is C22H27N3O4. The number of carbonyl (C=O) groups is 1. The number of likely N-dealkylation sites (tertiary alicyclic amines) is 1. The Morgan fingerprint density at radius 3 is 2.41 bits per heavy atom. The molecule has 1 amide bonds. The maximum Gasteiger partial charge on any atom is 0.254 e. The molecule has 2 aliphatic heterocycles. The fourth-order valence-electron chi connectivity index (χ4n) is 3.83. The number of methoxy groups -OCH3 is 1. The molecule has 3 heterocycles. The lowest BCUT2D eigenvalue weighted by Crippen LogP contribution is -2.56. The minimum atomic E-state index is -0.0952. The lowest BCUT2D eigenvalue weighted by atomic mass is 10.1. The normalized spacial score (nSPS) is 19.3. The van der Waals surface area contributed by atoms with E-state index in [-0.39, 0.29) is 23.7 Å². The number of pyridine rings is 1. The smallest absolute Gasteiger partial charge is 0.254 e. The Morgan fingerprint density at radius 1 is 1.07 bits per heavy atom. The summed E-state index contributed by atoms with van der Waals surface area (Å²) in [6.07, 6.45) is 1.22. The minimum Gasteiger partial charge on any atom is -0.486 e. The lowest BCUT2D eigenvalue weighted by molar-refractivity contribution is 0.0176. The van der Waals surface area contributed by atoms with E-state index in [1.54, 1.807) is 23.6 Å². The summed E-state index contributed by atoms with van der Waals surface area (Å²) in [5.41, 5.74) is 2.54. The number of amides is 1. The number of benzene rings is 1. The fraction of sp³-hybridized carbons (Fsp3) is 0.455. The highest BCUT2D eigenvalue weighted by atomic mass is 16.5. The molecule has 2 fully saturated rings. The summed E-state index contributed by atoms with van der Waals surface area (Å²) < 4.78 is 12.9. The van der Waals surface area contributed by atoms with E-state index >= 15 is 0 Å². The zero-order valence-electron chi connectivity index (χ0n) is 17.1. The van der Waals surface area contributed by atoms with Crippen LogP contribution in [0.25, 0.3) is 0 Å². The minimum absolute atomic E-state index is 0.00717. The first kappa shape index (κ1) is 19.5. The maximum atomic E-state index is 12.7. The largest absolute Gasteiger partial charge is 0.486 e. The third kappa shape index (κ3) is 4.00. The van der Waals surface area contributed by atoms with Crippen LogP contribution in [0.2, 0.25) is 0 Å². The maximum absolute atomic E-state index is 12.7. The van der Waals surface area contributed by atoms with Crippen molar-refractivity contribution in [3.8, 4) is 5.75 Å². The van der Waals surface area contributed by atoms with Gasteiger partial charge in [-0.2, -0.15) is 0 Å². The molecule has 7 nitrogen and oxygen atoms in total. The number of hydrogen-bond acceptors (Lipinski definition) is 5. The van der Waals surface area contributed by atoms with Crippen LogP contribution in [0.5, 0.6) is 5.75 Å². The van der Waals surface area contributed by atoms with Gasteiger partial charge in [-0.1, -0.05) is 0 Å². The number of anilines is 1. The Bertz CT molecular complexity index is 948. The van der Waals surface area contributed by atoms with Crippen LogP contribution in [0.4, 0.5) is 5.69 Å². The van der Waals surface area contributed by atoms with Crippen LogP contribution < -0.4 is 15.2 Å². The van der Waals surface area contributed by atoms with E-state index in [1.165, 1.54) is 6.07 Å². The molecule has 4 rings (SSSR count). The molecule has 0 aliphatic carbocycles. The van der Waals surface area contributed by atoms with Gasteiger partial charge in [-0.25, -0.2) is 0 Å². The van der Waals surface area contributed by atoms with Crippen molar-refractivity contribution in [1.82, 2.24) is 9.47 Å². The molecule has 0 saturated carbocycles. The van der Waals surface area contributed by atoms with E-state index in [4.69, 9.17) is 9.47 Å². The van der Waals surface area contributed by atoms with Crippen molar-refractivity contribution >= 4 is 11.6 Å². The first-order valence-corrected chi connectivity index (χ1v) is 9.96. The highest BCUT2D eigenvalue weighted by Gasteiger charge is 2.33. The zero-order valence-corrected chi connectivity index (χ0v) is 17.1. The standard InChI is InChI=1S/C22H27N3O4/c1-15-10-19(11-21(26)23(15)2)29-20-13-25(14-20)22(27)16-4-6-17(7-5-16)24-9-8-18(12-24)28-3/h4-7,10-11,18,20H,8-9,12-14H2,1-3H3. The van der Waals surface area contributed by atoms with Gasteiger partial charge in [-0.05, 0) is 43.7 Å². The number of aryl methyl sites for hydroxylation is 1. The quantitative estimate of drug-likeness (QED) is 0.770. The summed E-state index contributed by atoms with van der Waals surface area (Å²) in [5, 5.41) is 0. The molecule has 1 aromatic carbocycles. The third-order valence-corrected chi connectivity index (χ3v) is 5.87. The fourth-order valence-corrected chi connectivity index (χ4v) is 3.83. The van der Waals surface area contributed by atoms with Gasteiger partial charge in [-0.15, -0.1) is 0 Å². The highest BCUT2D eigenvalue weighted by Crippen LogP contribution is 2.24. The topological polar surface area (TPSA) is 64.0 Å². The van der Waals surface area contributed by atoms with Gasteiger partial charge in [0.05, 0.1) is 19.2 Å². The van der Waals surface area contributed by atoms with Crippen LogP contribution in [-0.2, 0) is 11.8 Å². The Labute approximate surface area is 170 Å². The van der Waals surface area contributed by atoms with Gasteiger partial charge in [0, 0.05) is 50.3 Å². The van der Waals surface area contributed by atoms with Crippen molar-refractivity contribution in [2.75, 3.05) is 38.2 Å². The molecular weight excluding hydrogens is 370 g/mol. The second kappa shape index (κ2) is 7.91. The Hall–Kier alpha value is -2.80. The van der Waals surface area contributed by atoms with Gasteiger partial charge >= 0.3 is 0 Å². The van der Waals surface area contributed by atoms with E-state index in [1.807, 2.05) is 37.3 Å². The van der Waals surface area contributed by atoms with Crippen LogP contribution in [0.15, 0.2) is 41.2 Å². The number of hydrogen-bond donors (Lipinski definition) is 0. The summed E-state index contributed by atoms with van der Waals surface area (Å²) >= 11 is 0. The van der Waals surface area contributed by atoms with Crippen LogP contribution >= 0.6 is 0 Å². The summed E-state index contributed by atoms with van der Waals surface area (Å²) in [7, 11) is 3.48. The zero-order chi connectivity index (χ0) is 20.5. The van der Waals surface area contributed by atoms with Gasteiger partial charge in [0.1, 0.15) is 11.9 Å². The third-order valence-electron chi connectivity index (χ3n) is 5.87. The monoisotopic (exact) mass is 397 g/mol. The Kier molecular flexibility index (Phi) is 5.32. The van der Waals surface area contributed by atoms with Crippen LogP contribution in [0, 0.1) is 6.92 Å². The van der Waals surface area contributed by atoms with Gasteiger partial charge < -0.3 is 23.8 Å². The average molecular weight is 397 g/mol. The van der Waals surface area contributed by atoms with E-state index in [0.29, 0.717) is 24.4 Å². The summed E-state index contributed by atoms with van der Waals surface area (Å²) in [4.78, 5) is 28.6. The molecule has 0 bridgehead atoms. The molecule has 2 aliphatic rings.